The van der Waals surface area contributed by atoms with E-state index in [9.17, 15) is 13.9 Å². The minimum Gasteiger partial charge on any atom is -0.435 e. The molecular weight excluding hydrogens is 264 g/mol. The maximum Gasteiger partial charge on any atom is 0.387 e. The zero-order chi connectivity index (χ0) is 14.6. The molecule has 112 valence electrons. The molecule has 0 atom stereocenters. The van der Waals surface area contributed by atoms with Crippen molar-refractivity contribution < 1.29 is 18.6 Å². The fourth-order valence-electron chi connectivity index (χ4n) is 2.84. The number of aliphatic hydroxyl groups is 1. The lowest BCUT2D eigenvalue weighted by molar-refractivity contribution is -0.0498. The van der Waals surface area contributed by atoms with E-state index >= 15 is 0 Å². The highest BCUT2D eigenvalue weighted by molar-refractivity contribution is 5.27. The Labute approximate surface area is 118 Å². The van der Waals surface area contributed by atoms with Gasteiger partial charge in [0.15, 0.2) is 0 Å². The highest BCUT2D eigenvalue weighted by Crippen LogP contribution is 2.30. The Kier molecular flexibility index (Phi) is 4.94. The maximum absolute atomic E-state index is 12.0. The molecule has 0 aromatic heterocycles. The SMILES string of the molecule is CN(Cc1ccc(OC(F)F)cc1)CC1(O)CCCC1. The van der Waals surface area contributed by atoms with E-state index in [1.54, 1.807) is 24.3 Å². The second kappa shape index (κ2) is 6.50. The first kappa shape index (κ1) is 15.2. The van der Waals surface area contributed by atoms with Gasteiger partial charge in [-0.1, -0.05) is 25.0 Å². The van der Waals surface area contributed by atoms with Gasteiger partial charge in [0.05, 0.1) is 5.60 Å². The average molecular weight is 285 g/mol. The van der Waals surface area contributed by atoms with E-state index in [1.807, 2.05) is 7.05 Å². The van der Waals surface area contributed by atoms with Crippen molar-refractivity contribution in [3.8, 4) is 5.75 Å². The molecule has 1 saturated carbocycles. The summed E-state index contributed by atoms with van der Waals surface area (Å²) in [5, 5.41) is 10.3. The summed E-state index contributed by atoms with van der Waals surface area (Å²) in [5.41, 5.74) is 0.448. The van der Waals surface area contributed by atoms with Crippen LogP contribution in [0.2, 0.25) is 0 Å². The third-order valence-electron chi connectivity index (χ3n) is 3.70. The van der Waals surface area contributed by atoms with Crippen LogP contribution in [0, 0.1) is 0 Å². The van der Waals surface area contributed by atoms with Crippen LogP contribution >= 0.6 is 0 Å². The van der Waals surface area contributed by atoms with E-state index in [0.29, 0.717) is 13.1 Å². The van der Waals surface area contributed by atoms with Crippen LogP contribution < -0.4 is 4.74 Å². The third-order valence-corrected chi connectivity index (χ3v) is 3.70. The summed E-state index contributed by atoms with van der Waals surface area (Å²) >= 11 is 0. The van der Waals surface area contributed by atoms with Crippen LogP contribution in [0.1, 0.15) is 31.2 Å². The van der Waals surface area contributed by atoms with Crippen molar-refractivity contribution in [1.82, 2.24) is 4.90 Å². The van der Waals surface area contributed by atoms with Crippen molar-refractivity contribution in [2.75, 3.05) is 13.6 Å². The molecular formula is C15H21F2NO2. The summed E-state index contributed by atoms with van der Waals surface area (Å²) < 4.78 is 28.4. The molecule has 1 N–H and O–H groups in total. The summed E-state index contributed by atoms with van der Waals surface area (Å²) in [4.78, 5) is 2.06. The van der Waals surface area contributed by atoms with Gasteiger partial charge >= 0.3 is 6.61 Å². The second-order valence-electron chi connectivity index (χ2n) is 5.63. The lowest BCUT2D eigenvalue weighted by Gasteiger charge is -2.28. The normalized spacial score (nSPS) is 17.9. The van der Waals surface area contributed by atoms with Crippen molar-refractivity contribution in [2.24, 2.45) is 0 Å². The summed E-state index contributed by atoms with van der Waals surface area (Å²) in [5.74, 6) is 0.167. The Morgan fingerprint density at radius 2 is 1.85 bits per heavy atom. The Balaban J connectivity index is 1.86. The minimum absolute atomic E-state index is 0.167. The van der Waals surface area contributed by atoms with Gasteiger partial charge in [0, 0.05) is 13.1 Å². The monoisotopic (exact) mass is 285 g/mol. The van der Waals surface area contributed by atoms with Gasteiger partial charge in [-0.3, -0.25) is 4.90 Å². The molecule has 0 bridgehead atoms. The third kappa shape index (κ3) is 4.42. The molecule has 1 aromatic rings. The zero-order valence-electron chi connectivity index (χ0n) is 11.7. The largest absolute Gasteiger partial charge is 0.435 e. The van der Waals surface area contributed by atoms with Crippen LogP contribution in [-0.4, -0.2) is 35.8 Å². The number of ether oxygens (including phenoxy) is 1. The number of alkyl halides is 2. The molecule has 0 heterocycles. The Morgan fingerprint density at radius 3 is 2.40 bits per heavy atom. The molecule has 0 amide bonds. The molecule has 0 aliphatic heterocycles. The predicted octanol–water partition coefficient (Wildman–Crippen LogP) is 3.02. The fourth-order valence-corrected chi connectivity index (χ4v) is 2.84. The van der Waals surface area contributed by atoms with Gasteiger partial charge in [0.25, 0.3) is 0 Å². The first-order valence-electron chi connectivity index (χ1n) is 6.92. The van der Waals surface area contributed by atoms with E-state index in [2.05, 4.69) is 9.64 Å². The molecule has 0 spiro atoms. The first-order chi connectivity index (χ1) is 9.47. The van der Waals surface area contributed by atoms with Gasteiger partial charge in [-0.05, 0) is 37.6 Å². The number of hydrogen-bond donors (Lipinski definition) is 1. The maximum atomic E-state index is 12.0. The topological polar surface area (TPSA) is 32.7 Å². The smallest absolute Gasteiger partial charge is 0.387 e. The van der Waals surface area contributed by atoms with Crippen LogP contribution in [0.5, 0.6) is 5.75 Å². The van der Waals surface area contributed by atoms with Gasteiger partial charge in [0.1, 0.15) is 5.75 Å². The number of nitrogens with zero attached hydrogens (tertiary/aromatic N) is 1. The van der Waals surface area contributed by atoms with E-state index in [0.717, 1.165) is 31.2 Å². The fraction of sp³-hybridized carbons (Fsp3) is 0.600. The summed E-state index contributed by atoms with van der Waals surface area (Å²) in [6.07, 6.45) is 3.89. The first-order valence-corrected chi connectivity index (χ1v) is 6.92. The number of halogens is 2. The minimum atomic E-state index is -2.79. The van der Waals surface area contributed by atoms with Gasteiger partial charge in [-0.15, -0.1) is 0 Å². The Hall–Kier alpha value is -1.20. The molecule has 0 saturated heterocycles. The standard InChI is InChI=1S/C15H21F2NO2/c1-18(11-15(19)8-2-3-9-15)10-12-4-6-13(7-5-12)20-14(16)17/h4-7,14,19H,2-3,8-11H2,1H3. The molecule has 1 aliphatic carbocycles. The molecule has 1 fully saturated rings. The predicted molar refractivity (Wildman–Crippen MR) is 72.8 cm³/mol. The van der Waals surface area contributed by atoms with E-state index in [1.165, 1.54) is 0 Å². The van der Waals surface area contributed by atoms with E-state index < -0.39 is 12.2 Å². The molecule has 1 aromatic carbocycles. The van der Waals surface area contributed by atoms with Crippen LogP contribution in [0.15, 0.2) is 24.3 Å². The van der Waals surface area contributed by atoms with Gasteiger partial charge in [0.2, 0.25) is 0 Å². The number of hydrogen-bond acceptors (Lipinski definition) is 3. The van der Waals surface area contributed by atoms with Crippen molar-refractivity contribution in [2.45, 2.75) is 44.4 Å². The number of likely N-dealkylation sites (N-methyl/N-ethyl adjacent to an activating group) is 1. The van der Waals surface area contributed by atoms with Crippen molar-refractivity contribution in [1.29, 1.82) is 0 Å². The van der Waals surface area contributed by atoms with Crippen LogP contribution in [0.3, 0.4) is 0 Å². The molecule has 20 heavy (non-hydrogen) atoms. The highest BCUT2D eigenvalue weighted by Gasteiger charge is 2.31. The van der Waals surface area contributed by atoms with Crippen LogP contribution in [-0.2, 0) is 6.54 Å². The molecule has 2 rings (SSSR count). The van der Waals surface area contributed by atoms with Crippen LogP contribution in [0.25, 0.3) is 0 Å². The van der Waals surface area contributed by atoms with Crippen LogP contribution in [0.4, 0.5) is 8.78 Å². The molecule has 1 aliphatic rings. The molecule has 3 nitrogen and oxygen atoms in total. The molecule has 0 unspecified atom stereocenters. The molecule has 0 radical (unpaired) electrons. The highest BCUT2D eigenvalue weighted by atomic mass is 19.3. The number of benzene rings is 1. The van der Waals surface area contributed by atoms with Crippen molar-refractivity contribution in [3.63, 3.8) is 0 Å². The van der Waals surface area contributed by atoms with Gasteiger partial charge in [-0.25, -0.2) is 0 Å². The zero-order valence-corrected chi connectivity index (χ0v) is 11.7. The van der Waals surface area contributed by atoms with Crippen molar-refractivity contribution >= 4 is 0 Å². The quantitative estimate of drug-likeness (QED) is 0.872. The lowest BCUT2D eigenvalue weighted by Crippen LogP contribution is -2.38. The summed E-state index contributed by atoms with van der Waals surface area (Å²) in [7, 11) is 1.96. The van der Waals surface area contributed by atoms with Gasteiger partial charge in [-0.2, -0.15) is 8.78 Å². The summed E-state index contributed by atoms with van der Waals surface area (Å²) in [6, 6.07) is 6.62. The Bertz CT molecular complexity index is 416. The average Bonchev–Trinajstić information content (AvgIpc) is 2.77. The number of rotatable bonds is 6. The second-order valence-corrected chi connectivity index (χ2v) is 5.63. The van der Waals surface area contributed by atoms with Gasteiger partial charge < -0.3 is 9.84 Å². The van der Waals surface area contributed by atoms with E-state index in [4.69, 9.17) is 0 Å². The Morgan fingerprint density at radius 1 is 1.25 bits per heavy atom. The molecule has 5 heteroatoms. The van der Waals surface area contributed by atoms with E-state index in [-0.39, 0.29) is 5.75 Å². The van der Waals surface area contributed by atoms with Crippen molar-refractivity contribution in [3.05, 3.63) is 29.8 Å². The summed E-state index contributed by atoms with van der Waals surface area (Å²) in [6.45, 7) is -1.47. The lowest BCUT2D eigenvalue weighted by atomic mass is 10.0.